The van der Waals surface area contributed by atoms with Gasteiger partial charge in [-0.25, -0.2) is 4.79 Å². The Balaban J connectivity index is 1.70. The molecule has 0 fully saturated rings. The molecule has 0 spiro atoms. The number of ether oxygens (including phenoxy) is 2. The highest BCUT2D eigenvalue weighted by Crippen LogP contribution is 2.34. The van der Waals surface area contributed by atoms with Gasteiger partial charge in [0, 0.05) is 24.0 Å². The number of hydrogen-bond acceptors (Lipinski definition) is 5. The van der Waals surface area contributed by atoms with E-state index in [-0.39, 0.29) is 5.63 Å². The molecule has 134 valence electrons. The van der Waals surface area contributed by atoms with Gasteiger partial charge in [-0.05, 0) is 49.2 Å². The van der Waals surface area contributed by atoms with Crippen molar-refractivity contribution in [3.05, 3.63) is 69.1 Å². The van der Waals surface area contributed by atoms with E-state index < -0.39 is 0 Å². The summed E-state index contributed by atoms with van der Waals surface area (Å²) < 4.78 is 16.8. The van der Waals surface area contributed by atoms with E-state index in [4.69, 9.17) is 13.9 Å². The standard InChI is InChI=1S/C21H21NO4/c1-13-14(2)21(23)26-20-17(13)7-8-19-18(20)11-22(12-25-19)10-15-5-4-6-16(9-15)24-3/h4-9H,10-12H2,1-3H3. The Bertz CT molecular complexity index is 1040. The Morgan fingerprint density at radius 3 is 2.81 bits per heavy atom. The molecule has 0 aliphatic carbocycles. The van der Waals surface area contributed by atoms with Crippen LogP contribution in [0.4, 0.5) is 0 Å². The Hall–Kier alpha value is -2.79. The molecule has 0 amide bonds. The van der Waals surface area contributed by atoms with Crippen LogP contribution in [-0.2, 0) is 13.1 Å². The highest BCUT2D eigenvalue weighted by Gasteiger charge is 2.22. The summed E-state index contributed by atoms with van der Waals surface area (Å²) in [6, 6.07) is 11.9. The van der Waals surface area contributed by atoms with E-state index in [1.54, 1.807) is 14.0 Å². The maximum atomic E-state index is 12.1. The Kier molecular flexibility index (Phi) is 4.17. The summed E-state index contributed by atoms with van der Waals surface area (Å²) in [7, 11) is 1.66. The minimum Gasteiger partial charge on any atom is -0.497 e. The summed E-state index contributed by atoms with van der Waals surface area (Å²) in [6.45, 7) is 5.63. The largest absolute Gasteiger partial charge is 0.497 e. The van der Waals surface area contributed by atoms with Crippen LogP contribution in [0.3, 0.4) is 0 Å². The zero-order valence-electron chi connectivity index (χ0n) is 15.2. The lowest BCUT2D eigenvalue weighted by Crippen LogP contribution is -2.31. The molecule has 26 heavy (non-hydrogen) atoms. The molecule has 0 radical (unpaired) electrons. The number of methoxy groups -OCH3 is 1. The third-order valence-corrected chi connectivity index (χ3v) is 5.01. The van der Waals surface area contributed by atoms with Gasteiger partial charge in [-0.3, -0.25) is 4.90 Å². The van der Waals surface area contributed by atoms with E-state index in [2.05, 4.69) is 11.0 Å². The second kappa shape index (κ2) is 6.50. The van der Waals surface area contributed by atoms with Crippen LogP contribution in [0.15, 0.2) is 45.6 Å². The van der Waals surface area contributed by atoms with E-state index in [1.165, 1.54) is 0 Å². The normalized spacial score (nSPS) is 14.1. The van der Waals surface area contributed by atoms with Crippen molar-refractivity contribution in [3.8, 4) is 11.5 Å². The Morgan fingerprint density at radius 2 is 2.00 bits per heavy atom. The minimum atomic E-state index is -0.284. The van der Waals surface area contributed by atoms with Gasteiger partial charge in [0.05, 0.1) is 12.7 Å². The van der Waals surface area contributed by atoms with Gasteiger partial charge in [0.25, 0.3) is 0 Å². The van der Waals surface area contributed by atoms with Crippen molar-refractivity contribution in [2.75, 3.05) is 13.8 Å². The maximum absolute atomic E-state index is 12.1. The van der Waals surface area contributed by atoms with E-state index in [1.807, 2.05) is 37.3 Å². The van der Waals surface area contributed by atoms with Crippen LogP contribution in [-0.4, -0.2) is 18.7 Å². The minimum absolute atomic E-state index is 0.284. The van der Waals surface area contributed by atoms with Gasteiger partial charge in [-0.1, -0.05) is 12.1 Å². The van der Waals surface area contributed by atoms with Gasteiger partial charge in [0.2, 0.25) is 0 Å². The average Bonchev–Trinajstić information content (AvgIpc) is 2.66. The van der Waals surface area contributed by atoms with Crippen LogP contribution in [0.5, 0.6) is 11.5 Å². The van der Waals surface area contributed by atoms with Gasteiger partial charge in [-0.15, -0.1) is 0 Å². The summed E-state index contributed by atoms with van der Waals surface area (Å²) in [5, 5.41) is 0.965. The molecule has 2 heterocycles. The van der Waals surface area contributed by atoms with Crippen molar-refractivity contribution in [2.24, 2.45) is 0 Å². The van der Waals surface area contributed by atoms with Crippen LogP contribution in [0.25, 0.3) is 11.0 Å². The fourth-order valence-corrected chi connectivity index (χ4v) is 3.39. The summed E-state index contributed by atoms with van der Waals surface area (Å²) >= 11 is 0. The third kappa shape index (κ3) is 2.84. The highest BCUT2D eigenvalue weighted by molar-refractivity contribution is 5.85. The number of hydrogen-bond donors (Lipinski definition) is 0. The fourth-order valence-electron chi connectivity index (χ4n) is 3.39. The molecule has 4 rings (SSSR count). The van der Waals surface area contributed by atoms with Crippen molar-refractivity contribution >= 4 is 11.0 Å². The van der Waals surface area contributed by atoms with Gasteiger partial charge in [0.1, 0.15) is 23.8 Å². The number of rotatable bonds is 3. The van der Waals surface area contributed by atoms with Crippen molar-refractivity contribution in [1.29, 1.82) is 0 Å². The first-order valence-corrected chi connectivity index (χ1v) is 8.61. The van der Waals surface area contributed by atoms with Crippen LogP contribution in [0.1, 0.15) is 22.3 Å². The summed E-state index contributed by atoms with van der Waals surface area (Å²) in [6.07, 6.45) is 0. The smallest absolute Gasteiger partial charge is 0.339 e. The lowest BCUT2D eigenvalue weighted by Gasteiger charge is -2.29. The molecule has 0 unspecified atom stereocenters. The zero-order chi connectivity index (χ0) is 18.3. The van der Waals surface area contributed by atoms with Crippen LogP contribution in [0, 0.1) is 13.8 Å². The predicted octanol–water partition coefficient (Wildman–Crippen LogP) is 3.77. The number of nitrogens with zero attached hydrogens (tertiary/aromatic N) is 1. The number of aryl methyl sites for hydroxylation is 1. The van der Waals surface area contributed by atoms with Gasteiger partial charge in [0.15, 0.2) is 0 Å². The highest BCUT2D eigenvalue weighted by atomic mass is 16.5. The molecule has 1 aliphatic rings. The summed E-state index contributed by atoms with van der Waals surface area (Å²) in [4.78, 5) is 14.3. The van der Waals surface area contributed by atoms with Crippen molar-refractivity contribution in [3.63, 3.8) is 0 Å². The van der Waals surface area contributed by atoms with Crippen molar-refractivity contribution in [1.82, 2.24) is 4.90 Å². The van der Waals surface area contributed by atoms with E-state index in [9.17, 15) is 4.79 Å². The SMILES string of the molecule is COc1cccc(CN2COc3ccc4c(C)c(C)c(=O)oc4c3C2)c1. The number of benzene rings is 2. The molecule has 0 saturated heterocycles. The molecular formula is C21H21NO4. The first-order chi connectivity index (χ1) is 12.6. The van der Waals surface area contributed by atoms with Crippen LogP contribution in [0.2, 0.25) is 0 Å². The van der Waals surface area contributed by atoms with Crippen molar-refractivity contribution < 1.29 is 13.9 Å². The molecule has 1 aromatic heterocycles. The van der Waals surface area contributed by atoms with Crippen LogP contribution >= 0.6 is 0 Å². The first-order valence-electron chi connectivity index (χ1n) is 8.61. The lowest BCUT2D eigenvalue weighted by molar-refractivity contribution is 0.0889. The molecule has 2 aromatic carbocycles. The Labute approximate surface area is 151 Å². The number of fused-ring (bicyclic) bond motifs is 3. The first kappa shape index (κ1) is 16.7. The molecule has 1 aliphatic heterocycles. The average molecular weight is 351 g/mol. The monoisotopic (exact) mass is 351 g/mol. The topological polar surface area (TPSA) is 51.9 Å². The van der Waals surface area contributed by atoms with E-state index >= 15 is 0 Å². The maximum Gasteiger partial charge on any atom is 0.339 e. The second-order valence-corrected chi connectivity index (χ2v) is 6.67. The van der Waals surface area contributed by atoms with Crippen LogP contribution < -0.4 is 15.1 Å². The van der Waals surface area contributed by atoms with Gasteiger partial charge in [-0.2, -0.15) is 0 Å². The van der Waals surface area contributed by atoms with Gasteiger partial charge >= 0.3 is 5.63 Å². The molecule has 0 N–H and O–H groups in total. The van der Waals surface area contributed by atoms with E-state index in [0.29, 0.717) is 24.4 Å². The second-order valence-electron chi connectivity index (χ2n) is 6.67. The molecule has 0 bridgehead atoms. The molecular weight excluding hydrogens is 330 g/mol. The lowest BCUT2D eigenvalue weighted by atomic mass is 10.0. The molecule has 5 heteroatoms. The summed E-state index contributed by atoms with van der Waals surface area (Å²) in [5.74, 6) is 1.62. The fraction of sp³-hybridized carbons (Fsp3) is 0.286. The van der Waals surface area contributed by atoms with Crippen molar-refractivity contribution in [2.45, 2.75) is 26.9 Å². The molecule has 3 aromatic rings. The van der Waals surface area contributed by atoms with Gasteiger partial charge < -0.3 is 13.9 Å². The summed E-state index contributed by atoms with van der Waals surface area (Å²) in [5.41, 5.74) is 4.03. The molecule has 0 saturated carbocycles. The van der Waals surface area contributed by atoms with E-state index in [0.717, 1.165) is 40.1 Å². The Morgan fingerprint density at radius 1 is 1.15 bits per heavy atom. The molecule has 0 atom stereocenters. The zero-order valence-corrected chi connectivity index (χ0v) is 15.2. The third-order valence-electron chi connectivity index (χ3n) is 5.01. The predicted molar refractivity (Wildman–Crippen MR) is 99.7 cm³/mol. The quantitative estimate of drug-likeness (QED) is 0.672. The molecule has 5 nitrogen and oxygen atoms in total.